The van der Waals surface area contributed by atoms with Crippen LogP contribution in [0.4, 0.5) is 18.0 Å². The van der Waals surface area contributed by atoms with Crippen molar-refractivity contribution in [1.29, 1.82) is 0 Å². The van der Waals surface area contributed by atoms with Crippen molar-refractivity contribution in [1.82, 2.24) is 15.5 Å². The molecule has 1 saturated carbocycles. The van der Waals surface area contributed by atoms with Crippen molar-refractivity contribution in [2.45, 2.75) is 64.6 Å². The highest BCUT2D eigenvalue weighted by Gasteiger charge is 2.42. The molecule has 2 aliphatic rings. The molecule has 0 spiro atoms. The number of likely N-dealkylation sites (tertiary alicyclic amines) is 1. The molecule has 1 saturated heterocycles. The molecule has 2 N–H and O–H groups in total. The van der Waals surface area contributed by atoms with Gasteiger partial charge in [-0.2, -0.15) is 13.2 Å². The molecule has 4 unspecified atom stereocenters. The Kier molecular flexibility index (Phi) is 7.40. The van der Waals surface area contributed by atoms with Crippen molar-refractivity contribution in [3.8, 4) is 0 Å². The highest BCUT2D eigenvalue weighted by molar-refractivity contribution is 5.74. The average Bonchev–Trinajstić information content (AvgIpc) is 2.50. The molecule has 2 rings (SSSR count). The molecule has 4 nitrogen and oxygen atoms in total. The SMILES string of the molecule is CC1CC(C)CN(CCCNC(=O)NC2CCCC(C(F)(F)F)C2)C1. The summed E-state index contributed by atoms with van der Waals surface area (Å²) < 4.78 is 38.4. The van der Waals surface area contributed by atoms with Crippen molar-refractivity contribution in [3.05, 3.63) is 0 Å². The zero-order valence-electron chi connectivity index (χ0n) is 15.4. The maximum Gasteiger partial charge on any atom is 0.391 e. The fraction of sp³-hybridized carbons (Fsp3) is 0.944. The summed E-state index contributed by atoms with van der Waals surface area (Å²) in [5, 5.41) is 5.50. The molecule has 0 aromatic heterocycles. The summed E-state index contributed by atoms with van der Waals surface area (Å²) in [5.74, 6) is 0.149. The van der Waals surface area contributed by atoms with Crippen LogP contribution in [0.1, 0.15) is 52.4 Å². The Morgan fingerprint density at radius 1 is 1.12 bits per heavy atom. The number of amides is 2. The van der Waals surface area contributed by atoms with Crippen molar-refractivity contribution < 1.29 is 18.0 Å². The van der Waals surface area contributed by atoms with Crippen LogP contribution in [0.5, 0.6) is 0 Å². The molecule has 2 fully saturated rings. The summed E-state index contributed by atoms with van der Waals surface area (Å²) in [6, 6.07) is -0.711. The number of halogens is 3. The first-order chi connectivity index (χ1) is 11.7. The molecule has 1 heterocycles. The first-order valence-corrected chi connectivity index (χ1v) is 9.57. The van der Waals surface area contributed by atoms with Gasteiger partial charge in [-0.1, -0.05) is 20.3 Å². The number of nitrogens with zero attached hydrogens (tertiary/aromatic N) is 1. The van der Waals surface area contributed by atoms with E-state index < -0.39 is 12.1 Å². The second-order valence-electron chi connectivity index (χ2n) is 8.06. The summed E-state index contributed by atoms with van der Waals surface area (Å²) in [7, 11) is 0. The minimum Gasteiger partial charge on any atom is -0.338 e. The maximum absolute atomic E-state index is 12.8. The van der Waals surface area contributed by atoms with E-state index in [-0.39, 0.29) is 24.9 Å². The molecule has 1 aliphatic heterocycles. The molecular weight excluding hydrogens is 331 g/mol. The van der Waals surface area contributed by atoms with E-state index in [0.717, 1.165) is 26.1 Å². The third kappa shape index (κ3) is 7.04. The molecule has 0 bridgehead atoms. The molecule has 7 heteroatoms. The second-order valence-corrected chi connectivity index (χ2v) is 8.06. The fourth-order valence-electron chi connectivity index (χ4n) is 4.33. The molecule has 0 aromatic rings. The van der Waals surface area contributed by atoms with Gasteiger partial charge in [-0.15, -0.1) is 0 Å². The minimum absolute atomic E-state index is 0.000471. The number of carbonyl (C=O) groups excluding carboxylic acids is 1. The third-order valence-corrected chi connectivity index (χ3v) is 5.35. The van der Waals surface area contributed by atoms with Gasteiger partial charge in [0, 0.05) is 25.7 Å². The Labute approximate surface area is 148 Å². The molecule has 0 radical (unpaired) electrons. The van der Waals surface area contributed by atoms with E-state index in [4.69, 9.17) is 0 Å². The van der Waals surface area contributed by atoms with Gasteiger partial charge in [0.05, 0.1) is 5.92 Å². The average molecular weight is 363 g/mol. The van der Waals surface area contributed by atoms with Gasteiger partial charge in [-0.25, -0.2) is 4.79 Å². The molecular formula is C18H32F3N3O. The highest BCUT2D eigenvalue weighted by Crippen LogP contribution is 2.37. The van der Waals surface area contributed by atoms with Crippen LogP contribution in [0.25, 0.3) is 0 Å². The number of rotatable bonds is 5. The number of carbonyl (C=O) groups is 1. The van der Waals surface area contributed by atoms with Crippen molar-refractivity contribution in [3.63, 3.8) is 0 Å². The quantitative estimate of drug-likeness (QED) is 0.730. The Morgan fingerprint density at radius 3 is 2.44 bits per heavy atom. The zero-order valence-corrected chi connectivity index (χ0v) is 15.4. The van der Waals surface area contributed by atoms with Gasteiger partial charge < -0.3 is 15.5 Å². The molecule has 0 aromatic carbocycles. The lowest BCUT2D eigenvalue weighted by Gasteiger charge is -2.35. The first kappa shape index (κ1) is 20.3. The van der Waals surface area contributed by atoms with Crippen molar-refractivity contribution in [2.24, 2.45) is 17.8 Å². The Morgan fingerprint density at radius 2 is 1.80 bits per heavy atom. The largest absolute Gasteiger partial charge is 0.391 e. The van der Waals surface area contributed by atoms with E-state index in [1.807, 2.05) is 0 Å². The lowest BCUT2D eigenvalue weighted by molar-refractivity contribution is -0.183. The Balaban J connectivity index is 1.61. The minimum atomic E-state index is -4.15. The molecule has 25 heavy (non-hydrogen) atoms. The van der Waals surface area contributed by atoms with E-state index in [1.54, 1.807) is 0 Å². The smallest absolute Gasteiger partial charge is 0.338 e. The third-order valence-electron chi connectivity index (χ3n) is 5.35. The van der Waals surface area contributed by atoms with E-state index in [9.17, 15) is 18.0 Å². The van der Waals surface area contributed by atoms with E-state index in [2.05, 4.69) is 29.4 Å². The predicted molar refractivity (Wildman–Crippen MR) is 92.3 cm³/mol. The summed E-state index contributed by atoms with van der Waals surface area (Å²) >= 11 is 0. The normalized spacial score (nSPS) is 31.6. The maximum atomic E-state index is 12.8. The lowest BCUT2D eigenvalue weighted by atomic mass is 9.85. The summed E-state index contributed by atoms with van der Waals surface area (Å²) in [6.07, 6.45) is -0.694. The summed E-state index contributed by atoms with van der Waals surface area (Å²) in [5.41, 5.74) is 0. The van der Waals surface area contributed by atoms with Crippen LogP contribution >= 0.6 is 0 Å². The summed E-state index contributed by atoms with van der Waals surface area (Å²) in [6.45, 7) is 8.27. The van der Waals surface area contributed by atoms with Crippen LogP contribution in [0, 0.1) is 17.8 Å². The number of alkyl halides is 3. The molecule has 1 aliphatic carbocycles. The number of hydrogen-bond acceptors (Lipinski definition) is 2. The van der Waals surface area contributed by atoms with E-state index in [1.165, 1.54) is 6.42 Å². The van der Waals surface area contributed by atoms with Gasteiger partial charge in [0.1, 0.15) is 0 Å². The fourth-order valence-corrected chi connectivity index (χ4v) is 4.33. The standard InChI is InChI=1S/C18H32F3N3O/c1-13-9-14(2)12-24(11-13)8-4-7-22-17(25)23-16-6-3-5-15(10-16)18(19,20)21/h13-16H,3-12H2,1-2H3,(H2,22,23,25). The Hall–Kier alpha value is -0.980. The second kappa shape index (κ2) is 9.10. The van der Waals surface area contributed by atoms with Gasteiger partial charge >= 0.3 is 12.2 Å². The van der Waals surface area contributed by atoms with Crippen LogP contribution in [0.15, 0.2) is 0 Å². The molecule has 4 atom stereocenters. The number of urea groups is 1. The van der Waals surface area contributed by atoms with Crippen molar-refractivity contribution in [2.75, 3.05) is 26.2 Å². The lowest BCUT2D eigenvalue weighted by Crippen LogP contribution is -2.46. The van der Waals surface area contributed by atoms with Crippen LogP contribution in [-0.2, 0) is 0 Å². The first-order valence-electron chi connectivity index (χ1n) is 9.57. The zero-order chi connectivity index (χ0) is 18.4. The topological polar surface area (TPSA) is 44.4 Å². The van der Waals surface area contributed by atoms with Gasteiger partial charge in [-0.05, 0) is 50.5 Å². The highest BCUT2D eigenvalue weighted by atomic mass is 19.4. The van der Waals surface area contributed by atoms with Crippen LogP contribution in [0.2, 0.25) is 0 Å². The van der Waals surface area contributed by atoms with Crippen LogP contribution in [0.3, 0.4) is 0 Å². The van der Waals surface area contributed by atoms with Crippen LogP contribution < -0.4 is 10.6 Å². The number of nitrogens with one attached hydrogen (secondary N) is 2. The summed E-state index contributed by atoms with van der Waals surface area (Å²) in [4.78, 5) is 14.3. The van der Waals surface area contributed by atoms with Gasteiger partial charge in [0.15, 0.2) is 0 Å². The van der Waals surface area contributed by atoms with Crippen LogP contribution in [-0.4, -0.2) is 49.3 Å². The van der Waals surface area contributed by atoms with Gasteiger partial charge in [0.2, 0.25) is 0 Å². The molecule has 146 valence electrons. The number of hydrogen-bond donors (Lipinski definition) is 2. The number of piperidine rings is 1. The molecule has 2 amide bonds. The van der Waals surface area contributed by atoms with Gasteiger partial charge in [-0.3, -0.25) is 0 Å². The van der Waals surface area contributed by atoms with Gasteiger partial charge in [0.25, 0.3) is 0 Å². The van der Waals surface area contributed by atoms with E-state index in [0.29, 0.717) is 31.2 Å². The van der Waals surface area contributed by atoms with E-state index >= 15 is 0 Å². The monoisotopic (exact) mass is 363 g/mol. The Bertz CT molecular complexity index is 420. The van der Waals surface area contributed by atoms with Crippen molar-refractivity contribution >= 4 is 6.03 Å². The predicted octanol–water partition coefficient (Wildman–Crippen LogP) is 3.77.